The van der Waals surface area contributed by atoms with Gasteiger partial charge in [-0.05, 0) is 110 Å². The average molecular weight is 823 g/mol. The molecule has 0 aromatic rings. The lowest BCUT2D eigenvalue weighted by Crippen LogP contribution is -2.68. The van der Waals surface area contributed by atoms with Gasteiger partial charge in [-0.3, -0.25) is 9.59 Å². The van der Waals surface area contributed by atoms with Gasteiger partial charge in [0, 0.05) is 5.92 Å². The minimum Gasteiger partial charge on any atom is -0.481 e. The zero-order valence-corrected chi connectivity index (χ0v) is 34.4. The smallest absolute Gasteiger partial charge is 0.335 e. The van der Waals surface area contributed by atoms with Gasteiger partial charge in [-0.15, -0.1) is 0 Å². The summed E-state index contributed by atoms with van der Waals surface area (Å²) in [5, 5.41) is 83.0. The molecule has 7 aliphatic rings. The molecule has 0 aromatic carbocycles. The molecule has 0 radical (unpaired) electrons. The predicted octanol–water partition coefficient (Wildman–Crippen LogP) is 2.25. The Balaban J connectivity index is 1.17. The van der Waals surface area contributed by atoms with E-state index in [4.69, 9.17) is 18.9 Å². The summed E-state index contributed by atoms with van der Waals surface area (Å²) in [6.07, 6.45) is -12.2. The van der Waals surface area contributed by atoms with Crippen molar-refractivity contribution in [3.05, 3.63) is 11.6 Å². The van der Waals surface area contributed by atoms with Crippen molar-refractivity contribution in [2.24, 2.45) is 50.2 Å². The van der Waals surface area contributed by atoms with E-state index >= 15 is 0 Å². The highest BCUT2D eigenvalue weighted by atomic mass is 16.8. The van der Waals surface area contributed by atoms with Crippen LogP contribution in [0.4, 0.5) is 0 Å². The first-order valence-corrected chi connectivity index (χ1v) is 20.7. The van der Waals surface area contributed by atoms with E-state index in [1.54, 1.807) is 0 Å². The summed E-state index contributed by atoms with van der Waals surface area (Å²) in [5.74, 6) is -4.47. The second-order valence-corrected chi connectivity index (χ2v) is 20.6. The summed E-state index contributed by atoms with van der Waals surface area (Å²) in [6.45, 7) is 14.8. The van der Waals surface area contributed by atoms with E-state index in [-0.39, 0.29) is 34.4 Å². The van der Waals surface area contributed by atoms with Gasteiger partial charge in [0.2, 0.25) is 0 Å². The van der Waals surface area contributed by atoms with Crippen molar-refractivity contribution in [1.29, 1.82) is 0 Å². The minimum atomic E-state index is -2.05. The molecule has 8 N–H and O–H groups in total. The summed E-state index contributed by atoms with van der Waals surface area (Å²) in [6, 6.07) is 0. The standard InChI is InChI=1S/C42H62O16/c1-37(2)21-8-11-42(7)31(20(43)16-18-19-17-39(4,36(53)54)13-12-38(19,3)14-15-41(18,42)6)40(21,5)10-9-22(37)55-35-30(26(47)25(46)29(57-35)33(51)52)58-34-27(48)23(44)24(45)28(56-34)32(49)50/h16,19,21-31,34-35,44-48H,8-15,17H2,1-7H3,(H,49,50)(H,51,52)(H,53,54)/t19-,21?,22-,23-,24-,25-,26-,27+,28-,29-,30+,31+,34-,35-,38+,39-,40-,41-,42+/m0/s1. The maximum Gasteiger partial charge on any atom is 0.335 e. The Kier molecular flexibility index (Phi) is 10.7. The van der Waals surface area contributed by atoms with Crippen LogP contribution in [0, 0.1) is 50.2 Å². The summed E-state index contributed by atoms with van der Waals surface area (Å²) in [7, 11) is 0. The van der Waals surface area contributed by atoms with E-state index in [9.17, 15) is 60.0 Å². The topological polar surface area (TPSA) is 267 Å². The molecule has 1 unspecified atom stereocenters. The van der Waals surface area contributed by atoms with Crippen LogP contribution in [-0.2, 0) is 38.1 Å². The monoisotopic (exact) mass is 822 g/mol. The molecule has 0 spiro atoms. The number of rotatable bonds is 7. The quantitative estimate of drug-likeness (QED) is 0.171. The molecule has 5 aliphatic carbocycles. The number of carboxylic acid groups (broad SMARTS) is 3. The van der Waals surface area contributed by atoms with E-state index in [1.807, 2.05) is 26.8 Å². The van der Waals surface area contributed by atoms with Crippen LogP contribution in [-0.4, -0.2) is 132 Å². The van der Waals surface area contributed by atoms with Crippen LogP contribution in [0.3, 0.4) is 0 Å². The van der Waals surface area contributed by atoms with Crippen molar-refractivity contribution in [2.75, 3.05) is 0 Å². The van der Waals surface area contributed by atoms with Crippen LogP contribution in [0.2, 0.25) is 0 Å². The third kappa shape index (κ3) is 6.25. The molecule has 2 aliphatic heterocycles. The maximum atomic E-state index is 14.8. The van der Waals surface area contributed by atoms with Gasteiger partial charge in [-0.1, -0.05) is 47.1 Å². The van der Waals surface area contributed by atoms with Crippen molar-refractivity contribution >= 4 is 23.7 Å². The van der Waals surface area contributed by atoms with E-state index in [0.29, 0.717) is 25.7 Å². The van der Waals surface area contributed by atoms with Crippen molar-refractivity contribution in [2.45, 2.75) is 174 Å². The largest absolute Gasteiger partial charge is 0.481 e. The van der Waals surface area contributed by atoms with Crippen LogP contribution in [0.1, 0.15) is 106 Å². The molecule has 19 atom stereocenters. The number of fused-ring (bicyclic) bond motifs is 7. The number of ketones is 1. The Bertz CT molecular complexity index is 1730. The maximum absolute atomic E-state index is 14.8. The number of aliphatic carboxylic acids is 3. The first-order chi connectivity index (χ1) is 26.8. The second kappa shape index (κ2) is 14.3. The van der Waals surface area contributed by atoms with Gasteiger partial charge in [0.05, 0.1) is 11.5 Å². The molecular weight excluding hydrogens is 760 g/mol. The fourth-order valence-corrected chi connectivity index (χ4v) is 13.4. The minimum absolute atomic E-state index is 0.0217. The molecule has 16 heteroatoms. The molecule has 4 saturated carbocycles. The molecule has 6 fully saturated rings. The first-order valence-electron chi connectivity index (χ1n) is 20.7. The molecule has 58 heavy (non-hydrogen) atoms. The van der Waals surface area contributed by atoms with Crippen LogP contribution in [0.15, 0.2) is 11.6 Å². The van der Waals surface area contributed by atoms with E-state index in [0.717, 1.165) is 37.7 Å². The molecule has 0 amide bonds. The average Bonchev–Trinajstić information content (AvgIpc) is 3.13. The number of carbonyl (C=O) groups excluding carboxylic acids is 1. The molecule has 0 bridgehead atoms. The third-order valence-corrected chi connectivity index (χ3v) is 17.2. The molecular formula is C42H62O16. The number of aliphatic hydroxyl groups excluding tert-OH is 5. The Labute approximate surface area is 337 Å². The van der Waals surface area contributed by atoms with E-state index < -0.39 is 107 Å². The van der Waals surface area contributed by atoms with Crippen LogP contribution >= 0.6 is 0 Å². The Morgan fingerprint density at radius 3 is 1.88 bits per heavy atom. The lowest BCUT2D eigenvalue weighted by molar-refractivity contribution is -0.371. The summed E-state index contributed by atoms with van der Waals surface area (Å²) < 4.78 is 23.4. The predicted molar refractivity (Wildman–Crippen MR) is 199 cm³/mol. The zero-order chi connectivity index (χ0) is 42.9. The molecule has 0 aromatic heterocycles. The van der Waals surface area contributed by atoms with Gasteiger partial charge in [-0.25, -0.2) is 9.59 Å². The fourth-order valence-electron chi connectivity index (χ4n) is 13.4. The van der Waals surface area contributed by atoms with Crippen molar-refractivity contribution in [1.82, 2.24) is 0 Å². The lowest BCUT2D eigenvalue weighted by atomic mass is 9.33. The van der Waals surface area contributed by atoms with Crippen LogP contribution in [0.5, 0.6) is 0 Å². The van der Waals surface area contributed by atoms with E-state index in [1.165, 1.54) is 0 Å². The summed E-state index contributed by atoms with van der Waals surface area (Å²) in [4.78, 5) is 51.3. The number of hydrogen-bond donors (Lipinski definition) is 8. The zero-order valence-electron chi connectivity index (χ0n) is 34.4. The first kappa shape index (κ1) is 43.5. The van der Waals surface area contributed by atoms with Crippen molar-refractivity contribution in [3.8, 4) is 0 Å². The molecule has 2 saturated heterocycles. The number of hydrogen-bond acceptors (Lipinski definition) is 13. The van der Waals surface area contributed by atoms with Crippen molar-refractivity contribution in [3.63, 3.8) is 0 Å². The second-order valence-electron chi connectivity index (χ2n) is 20.6. The SMILES string of the molecule is CC1(C)C2CC[C@]3(C)[C@H](C(=O)C=C4[C@@H]5C[C@@](C)(C(=O)O)CC[C@]5(C)CC[C@@]43C)[C@@]2(C)CC[C@@H]1O[C@H]1O[C@H](C(=O)O)[C@@H](O)[C@H](O)[C@H]1O[C@@H]1O[C@H](C(=O)O)[C@@H](O)[C@H](O)[C@H]1O. The van der Waals surface area contributed by atoms with Gasteiger partial charge >= 0.3 is 17.9 Å². The number of aliphatic hydroxyl groups is 5. The molecule has 2 heterocycles. The molecule has 326 valence electrons. The van der Waals surface area contributed by atoms with Gasteiger partial charge in [-0.2, -0.15) is 0 Å². The fraction of sp³-hybridized carbons (Fsp3) is 0.857. The Morgan fingerprint density at radius 1 is 0.690 bits per heavy atom. The highest BCUT2D eigenvalue weighted by Gasteiger charge is 2.71. The summed E-state index contributed by atoms with van der Waals surface area (Å²) in [5.41, 5.74) is -1.81. The Morgan fingerprint density at radius 2 is 1.28 bits per heavy atom. The van der Waals surface area contributed by atoms with E-state index in [2.05, 4.69) is 27.7 Å². The highest BCUT2D eigenvalue weighted by molar-refractivity contribution is 5.95. The summed E-state index contributed by atoms with van der Waals surface area (Å²) >= 11 is 0. The number of carboxylic acids is 3. The van der Waals surface area contributed by atoms with Crippen molar-refractivity contribution < 1.29 is 79.0 Å². The molecule has 16 nitrogen and oxygen atoms in total. The van der Waals surface area contributed by atoms with Gasteiger partial charge in [0.25, 0.3) is 0 Å². The Hall–Kier alpha value is -2.54. The highest BCUT2D eigenvalue weighted by Crippen LogP contribution is 2.75. The third-order valence-electron chi connectivity index (χ3n) is 17.2. The van der Waals surface area contributed by atoms with Crippen LogP contribution in [0.25, 0.3) is 0 Å². The van der Waals surface area contributed by atoms with Gasteiger partial charge in [0.15, 0.2) is 30.6 Å². The molecule has 7 rings (SSSR count). The van der Waals surface area contributed by atoms with Crippen LogP contribution < -0.4 is 0 Å². The number of ether oxygens (including phenoxy) is 4. The van der Waals surface area contributed by atoms with Gasteiger partial charge in [0.1, 0.15) is 36.6 Å². The normalized spacial score (nSPS) is 52.6. The number of carbonyl (C=O) groups is 4. The number of allylic oxidation sites excluding steroid dienone is 2. The van der Waals surface area contributed by atoms with Gasteiger partial charge < -0.3 is 59.8 Å². The lowest BCUT2D eigenvalue weighted by Gasteiger charge is -2.70.